The molecule has 1 aliphatic carbocycles. The van der Waals surface area contributed by atoms with E-state index in [4.69, 9.17) is 16.4 Å². The number of hydrogen-bond acceptors (Lipinski definition) is 5. The Morgan fingerprint density at radius 3 is 2.84 bits per heavy atom. The lowest BCUT2D eigenvalue weighted by Crippen LogP contribution is -2.26. The van der Waals surface area contributed by atoms with Gasteiger partial charge in [-0.1, -0.05) is 23.8 Å². The normalized spacial score (nSPS) is 14.2. The Kier molecular flexibility index (Phi) is 6.72. The zero-order valence-electron chi connectivity index (χ0n) is 14.0. The Balaban J connectivity index is 1.99. The first kappa shape index (κ1) is 18.2. The Hall–Kier alpha value is -3.14. The van der Waals surface area contributed by atoms with Gasteiger partial charge in [0.05, 0.1) is 11.3 Å². The van der Waals surface area contributed by atoms with Crippen LogP contribution in [0.25, 0.3) is 0 Å². The number of nitriles is 1. The zero-order valence-corrected chi connectivity index (χ0v) is 14.0. The van der Waals surface area contributed by atoms with Crippen LogP contribution in [-0.4, -0.2) is 24.0 Å². The first-order chi connectivity index (χ1) is 12.1. The Labute approximate surface area is 147 Å². The average Bonchev–Trinajstić information content (AvgIpc) is 2.63. The molecule has 0 aromatic heterocycles. The topological polar surface area (TPSA) is 127 Å². The van der Waals surface area contributed by atoms with Crippen LogP contribution in [0.3, 0.4) is 0 Å². The van der Waals surface area contributed by atoms with E-state index < -0.39 is 5.84 Å². The fraction of sp³-hybridized carbons (Fsp3) is 0.333. The number of rotatable bonds is 7. The number of anilines is 1. The number of benzene rings is 1. The Morgan fingerprint density at radius 2 is 2.16 bits per heavy atom. The van der Waals surface area contributed by atoms with Crippen LogP contribution in [0.15, 0.2) is 41.0 Å². The van der Waals surface area contributed by atoms with E-state index in [1.807, 2.05) is 0 Å². The van der Waals surface area contributed by atoms with Crippen molar-refractivity contribution in [1.29, 1.82) is 10.7 Å². The van der Waals surface area contributed by atoms with Crippen LogP contribution in [0.4, 0.5) is 5.69 Å². The molecule has 2 rings (SSSR count). The molecule has 0 fully saturated rings. The summed E-state index contributed by atoms with van der Waals surface area (Å²) in [4.78, 5) is 12.4. The van der Waals surface area contributed by atoms with Crippen molar-refractivity contribution in [3.05, 3.63) is 41.5 Å². The summed E-state index contributed by atoms with van der Waals surface area (Å²) in [6.07, 6.45) is 7.85. The number of hydrogen-bond donors (Lipinski definition) is 4. The number of para-hydroxylation sites is 1. The van der Waals surface area contributed by atoms with Crippen molar-refractivity contribution in [2.75, 3.05) is 12.0 Å². The van der Waals surface area contributed by atoms with E-state index in [2.05, 4.69) is 21.9 Å². The predicted octanol–water partition coefficient (Wildman–Crippen LogP) is 2.53. The Bertz CT molecular complexity index is 744. The molecule has 0 aliphatic heterocycles. The summed E-state index contributed by atoms with van der Waals surface area (Å²) in [5.41, 5.74) is 9.93. The van der Waals surface area contributed by atoms with Crippen LogP contribution in [0, 0.1) is 16.7 Å². The van der Waals surface area contributed by atoms with Crippen molar-refractivity contribution >= 4 is 23.1 Å². The monoisotopic (exact) mass is 338 g/mol. The largest absolute Gasteiger partial charge is 0.382 e. The van der Waals surface area contributed by atoms with Crippen molar-refractivity contribution in [3.8, 4) is 6.07 Å². The lowest BCUT2D eigenvalue weighted by atomic mass is 9.97. The van der Waals surface area contributed by atoms with Gasteiger partial charge < -0.3 is 11.1 Å². The second-order valence-corrected chi connectivity index (χ2v) is 5.76. The minimum atomic E-state index is -0.433. The van der Waals surface area contributed by atoms with Gasteiger partial charge in [-0.2, -0.15) is 10.4 Å². The fourth-order valence-corrected chi connectivity index (χ4v) is 2.60. The summed E-state index contributed by atoms with van der Waals surface area (Å²) < 4.78 is 0. The molecule has 0 saturated carbocycles. The molecule has 0 bridgehead atoms. The lowest BCUT2D eigenvalue weighted by molar-refractivity contribution is 0.0955. The van der Waals surface area contributed by atoms with Gasteiger partial charge in [-0.25, -0.2) is 0 Å². The van der Waals surface area contributed by atoms with Crippen molar-refractivity contribution in [1.82, 2.24) is 5.32 Å². The number of amides is 1. The first-order valence-corrected chi connectivity index (χ1v) is 8.25. The van der Waals surface area contributed by atoms with Crippen LogP contribution in [-0.2, 0) is 0 Å². The third-order valence-electron chi connectivity index (χ3n) is 3.94. The second kappa shape index (κ2) is 9.23. The summed E-state index contributed by atoms with van der Waals surface area (Å²) >= 11 is 0. The first-order valence-electron chi connectivity index (χ1n) is 8.25. The van der Waals surface area contributed by atoms with Gasteiger partial charge in [-0.15, -0.1) is 0 Å². The van der Waals surface area contributed by atoms with Gasteiger partial charge in [0.15, 0.2) is 5.84 Å². The molecule has 0 saturated heterocycles. The molecule has 1 aliphatic rings. The summed E-state index contributed by atoms with van der Waals surface area (Å²) in [7, 11) is 0. The molecule has 0 atom stereocenters. The number of nitrogens with two attached hydrogens (primary N) is 1. The predicted molar refractivity (Wildman–Crippen MR) is 98.5 cm³/mol. The molecule has 1 aromatic rings. The standard InChI is InChI=1S/C18H22N6O/c19-12-16(17(20)21)24-23-15-9-5-4-8-14(15)18(25)22-11-10-13-6-2-1-3-7-13/h4-6,8-9,23H,1-3,7,10-11H2,(H3,20,21)(H,22,25)/b24-16+. The number of carbonyl (C=O) groups is 1. The van der Waals surface area contributed by atoms with Crippen molar-refractivity contribution < 1.29 is 4.79 Å². The van der Waals surface area contributed by atoms with Crippen molar-refractivity contribution in [2.45, 2.75) is 32.1 Å². The quantitative estimate of drug-likeness (QED) is 0.264. The summed E-state index contributed by atoms with van der Waals surface area (Å²) in [6.45, 7) is 0.583. The third kappa shape index (κ3) is 5.46. The second-order valence-electron chi connectivity index (χ2n) is 5.76. The van der Waals surface area contributed by atoms with Crippen LogP contribution in [0.5, 0.6) is 0 Å². The summed E-state index contributed by atoms with van der Waals surface area (Å²) in [6, 6.07) is 8.58. The van der Waals surface area contributed by atoms with Gasteiger partial charge in [0.25, 0.3) is 5.91 Å². The van der Waals surface area contributed by atoms with Gasteiger partial charge in [-0.05, 0) is 44.2 Å². The molecule has 130 valence electrons. The summed E-state index contributed by atoms with van der Waals surface area (Å²) in [5.74, 6) is -0.645. The Morgan fingerprint density at radius 1 is 1.36 bits per heavy atom. The number of nitrogens with one attached hydrogen (secondary N) is 3. The molecule has 0 radical (unpaired) electrons. The van der Waals surface area contributed by atoms with Gasteiger partial charge in [0.1, 0.15) is 6.07 Å². The molecule has 7 heteroatoms. The van der Waals surface area contributed by atoms with E-state index in [0.717, 1.165) is 19.3 Å². The number of amidine groups is 1. The van der Waals surface area contributed by atoms with Crippen LogP contribution in [0.1, 0.15) is 42.5 Å². The minimum Gasteiger partial charge on any atom is -0.382 e. The van der Waals surface area contributed by atoms with Crippen LogP contribution < -0.4 is 16.5 Å². The molecule has 25 heavy (non-hydrogen) atoms. The van der Waals surface area contributed by atoms with E-state index in [0.29, 0.717) is 17.8 Å². The smallest absolute Gasteiger partial charge is 0.253 e. The van der Waals surface area contributed by atoms with Gasteiger partial charge in [-0.3, -0.25) is 15.6 Å². The van der Waals surface area contributed by atoms with Crippen molar-refractivity contribution in [2.24, 2.45) is 10.8 Å². The highest BCUT2D eigenvalue weighted by atomic mass is 16.1. The minimum absolute atomic E-state index is 0.212. The van der Waals surface area contributed by atoms with E-state index in [1.54, 1.807) is 30.3 Å². The van der Waals surface area contributed by atoms with Gasteiger partial charge in [0.2, 0.25) is 5.71 Å². The van der Waals surface area contributed by atoms with Gasteiger partial charge >= 0.3 is 0 Å². The average molecular weight is 338 g/mol. The highest BCUT2D eigenvalue weighted by molar-refractivity contribution is 6.45. The SMILES string of the molecule is N#C/C(=N\Nc1ccccc1C(=O)NCCC1=CCCCC1)C(=N)N. The molecule has 0 unspecified atom stereocenters. The molecule has 0 heterocycles. The molecule has 1 amide bonds. The molecular weight excluding hydrogens is 316 g/mol. The zero-order chi connectivity index (χ0) is 18.1. The van der Waals surface area contributed by atoms with E-state index in [-0.39, 0.29) is 11.6 Å². The van der Waals surface area contributed by atoms with E-state index in [9.17, 15) is 4.79 Å². The molecule has 7 nitrogen and oxygen atoms in total. The highest BCUT2D eigenvalue weighted by Crippen LogP contribution is 2.20. The molecule has 0 spiro atoms. The van der Waals surface area contributed by atoms with Gasteiger partial charge in [0, 0.05) is 6.54 Å². The van der Waals surface area contributed by atoms with E-state index in [1.165, 1.54) is 18.4 Å². The van der Waals surface area contributed by atoms with Crippen molar-refractivity contribution in [3.63, 3.8) is 0 Å². The number of hydrazone groups is 1. The fourth-order valence-electron chi connectivity index (χ4n) is 2.60. The number of nitrogens with zero attached hydrogens (tertiary/aromatic N) is 2. The maximum absolute atomic E-state index is 12.4. The van der Waals surface area contributed by atoms with E-state index >= 15 is 0 Å². The van der Waals surface area contributed by atoms with Crippen LogP contribution >= 0.6 is 0 Å². The molecule has 5 N–H and O–H groups in total. The molecular formula is C18H22N6O. The lowest BCUT2D eigenvalue weighted by Gasteiger charge is -2.13. The maximum atomic E-state index is 12.4. The maximum Gasteiger partial charge on any atom is 0.253 e. The number of allylic oxidation sites excluding steroid dienone is 1. The third-order valence-corrected chi connectivity index (χ3v) is 3.94. The highest BCUT2D eigenvalue weighted by Gasteiger charge is 2.11. The molecule has 1 aromatic carbocycles. The summed E-state index contributed by atoms with van der Waals surface area (Å²) in [5, 5.41) is 22.8. The number of carbonyl (C=O) groups excluding carboxylic acids is 1. The van der Waals surface area contributed by atoms with Crippen LogP contribution in [0.2, 0.25) is 0 Å².